The second kappa shape index (κ2) is 5.75. The van der Waals surface area contributed by atoms with Gasteiger partial charge in [-0.25, -0.2) is 8.78 Å². The van der Waals surface area contributed by atoms with Crippen LogP contribution in [0.25, 0.3) is 11.6 Å². The van der Waals surface area contributed by atoms with E-state index in [9.17, 15) is 8.78 Å². The Hall–Kier alpha value is -2.57. The molecule has 3 aromatic rings. The highest BCUT2D eigenvalue weighted by Gasteiger charge is 2.51. The third-order valence-corrected chi connectivity index (χ3v) is 4.88. The molecule has 4 rings (SSSR count). The number of alkyl halides is 2. The highest BCUT2D eigenvalue weighted by molar-refractivity contribution is 5.50. The summed E-state index contributed by atoms with van der Waals surface area (Å²) in [6.07, 6.45) is 0.238. The van der Waals surface area contributed by atoms with Crippen LogP contribution in [0.2, 0.25) is 0 Å². The van der Waals surface area contributed by atoms with Crippen LogP contribution in [0.5, 0.6) is 0 Å². The Morgan fingerprint density at radius 3 is 2.68 bits per heavy atom. The molecular formula is C18H18F2N4O. The third kappa shape index (κ3) is 2.54. The minimum Gasteiger partial charge on any atom is -0.332 e. The fourth-order valence-electron chi connectivity index (χ4n) is 3.35. The Morgan fingerprint density at radius 2 is 2.04 bits per heavy atom. The lowest BCUT2D eigenvalue weighted by Crippen LogP contribution is -2.13. The van der Waals surface area contributed by atoms with Crippen LogP contribution in [0.1, 0.15) is 48.8 Å². The molecule has 0 atom stereocenters. The molecule has 25 heavy (non-hydrogen) atoms. The zero-order valence-corrected chi connectivity index (χ0v) is 14.0. The summed E-state index contributed by atoms with van der Waals surface area (Å²) in [5.74, 6) is 0.783. The number of aryl methyl sites for hydroxylation is 2. The predicted octanol–water partition coefficient (Wildman–Crippen LogP) is 4.05. The van der Waals surface area contributed by atoms with Crippen molar-refractivity contribution in [2.75, 3.05) is 0 Å². The van der Waals surface area contributed by atoms with Gasteiger partial charge in [0.2, 0.25) is 0 Å². The molecule has 0 unspecified atom stereocenters. The summed E-state index contributed by atoms with van der Waals surface area (Å²) in [6.45, 7) is 2.12. The standard InChI is InChI=1S/C18H18F2N4O/c1-3-11-6-4-5-7-12(11)18(8-9-18)17-21-16(25-23-17)13-10-14(15(19)20)24(2)22-13/h4-7,10,15H,3,8-9H2,1-2H3. The first kappa shape index (κ1) is 15.9. The van der Waals surface area contributed by atoms with Crippen molar-refractivity contribution in [3.05, 3.63) is 53.0 Å². The van der Waals surface area contributed by atoms with E-state index in [-0.39, 0.29) is 22.7 Å². The van der Waals surface area contributed by atoms with Crippen molar-refractivity contribution in [2.24, 2.45) is 7.05 Å². The number of benzene rings is 1. The van der Waals surface area contributed by atoms with Gasteiger partial charge in [0.1, 0.15) is 5.69 Å². The van der Waals surface area contributed by atoms with Crippen LogP contribution in [0, 0.1) is 0 Å². The lowest BCUT2D eigenvalue weighted by molar-refractivity contribution is 0.141. The van der Waals surface area contributed by atoms with Crippen LogP contribution in [-0.2, 0) is 18.9 Å². The maximum atomic E-state index is 12.9. The third-order valence-electron chi connectivity index (χ3n) is 4.88. The number of hydrogen-bond donors (Lipinski definition) is 0. The summed E-state index contributed by atoms with van der Waals surface area (Å²) >= 11 is 0. The lowest BCUT2D eigenvalue weighted by atomic mass is 9.89. The molecule has 5 nitrogen and oxygen atoms in total. The average Bonchev–Trinajstić information content (AvgIpc) is 3.08. The van der Waals surface area contributed by atoms with Crippen molar-refractivity contribution in [1.82, 2.24) is 19.9 Å². The summed E-state index contributed by atoms with van der Waals surface area (Å²) < 4.78 is 32.4. The molecule has 0 N–H and O–H groups in total. The summed E-state index contributed by atoms with van der Waals surface area (Å²) in [5.41, 5.74) is 2.36. The van der Waals surface area contributed by atoms with Gasteiger partial charge in [-0.3, -0.25) is 4.68 Å². The van der Waals surface area contributed by atoms with Gasteiger partial charge in [0.25, 0.3) is 12.3 Å². The molecule has 2 heterocycles. The second-order valence-corrected chi connectivity index (χ2v) is 6.39. The Balaban J connectivity index is 1.71. The Kier molecular flexibility index (Phi) is 3.67. The first-order chi connectivity index (χ1) is 12.0. The van der Waals surface area contributed by atoms with E-state index >= 15 is 0 Å². The molecule has 7 heteroatoms. The van der Waals surface area contributed by atoms with Gasteiger partial charge in [0.05, 0.1) is 5.41 Å². The van der Waals surface area contributed by atoms with Crippen LogP contribution in [0.15, 0.2) is 34.9 Å². The molecule has 0 radical (unpaired) electrons. The van der Waals surface area contributed by atoms with Gasteiger partial charge in [-0.05, 0) is 36.5 Å². The summed E-state index contributed by atoms with van der Waals surface area (Å²) in [7, 11) is 1.47. The Bertz CT molecular complexity index is 911. The van der Waals surface area contributed by atoms with Gasteiger partial charge < -0.3 is 4.52 Å². The normalized spacial score (nSPS) is 15.7. The lowest BCUT2D eigenvalue weighted by Gasteiger charge is -2.15. The molecule has 2 aromatic heterocycles. The average molecular weight is 344 g/mol. The molecule has 0 amide bonds. The van der Waals surface area contributed by atoms with E-state index in [1.165, 1.54) is 24.2 Å². The van der Waals surface area contributed by atoms with Crippen LogP contribution in [0.4, 0.5) is 8.78 Å². The molecule has 0 saturated heterocycles. The van der Waals surface area contributed by atoms with Crippen molar-refractivity contribution in [1.29, 1.82) is 0 Å². The SMILES string of the molecule is CCc1ccccc1C1(c2noc(-c3cc(C(F)F)n(C)n3)n2)CC1. The number of nitrogens with zero attached hydrogens (tertiary/aromatic N) is 4. The van der Waals surface area contributed by atoms with E-state index in [2.05, 4.69) is 34.3 Å². The van der Waals surface area contributed by atoms with Gasteiger partial charge in [-0.15, -0.1) is 0 Å². The highest BCUT2D eigenvalue weighted by Crippen LogP contribution is 2.53. The zero-order valence-electron chi connectivity index (χ0n) is 14.0. The van der Waals surface area contributed by atoms with Crippen LogP contribution >= 0.6 is 0 Å². The fourth-order valence-corrected chi connectivity index (χ4v) is 3.35. The molecule has 0 aliphatic heterocycles. The number of hydrogen-bond acceptors (Lipinski definition) is 4. The molecule has 1 aliphatic carbocycles. The van der Waals surface area contributed by atoms with E-state index in [1.54, 1.807) is 0 Å². The topological polar surface area (TPSA) is 56.7 Å². The number of halogens is 2. The van der Waals surface area contributed by atoms with Crippen molar-refractivity contribution in [3.8, 4) is 11.6 Å². The van der Waals surface area contributed by atoms with E-state index in [0.717, 1.165) is 23.9 Å². The van der Waals surface area contributed by atoms with Crippen LogP contribution in [0.3, 0.4) is 0 Å². The second-order valence-electron chi connectivity index (χ2n) is 6.39. The van der Waals surface area contributed by atoms with Crippen LogP contribution in [-0.4, -0.2) is 19.9 Å². The minimum absolute atomic E-state index is 0.174. The van der Waals surface area contributed by atoms with Crippen LogP contribution < -0.4 is 0 Å². The predicted molar refractivity (Wildman–Crippen MR) is 87.3 cm³/mol. The molecule has 1 saturated carbocycles. The molecule has 1 aliphatic rings. The van der Waals surface area contributed by atoms with Gasteiger partial charge in [-0.2, -0.15) is 10.1 Å². The molecule has 1 aromatic carbocycles. The minimum atomic E-state index is -2.60. The first-order valence-electron chi connectivity index (χ1n) is 8.30. The maximum Gasteiger partial charge on any atom is 0.280 e. The van der Waals surface area contributed by atoms with E-state index in [4.69, 9.17) is 4.52 Å². The van der Waals surface area contributed by atoms with E-state index in [0.29, 0.717) is 5.82 Å². The van der Waals surface area contributed by atoms with Crippen molar-refractivity contribution in [3.63, 3.8) is 0 Å². The quantitative estimate of drug-likeness (QED) is 0.701. The van der Waals surface area contributed by atoms with Gasteiger partial charge >= 0.3 is 0 Å². The fraction of sp³-hybridized carbons (Fsp3) is 0.389. The maximum absolute atomic E-state index is 12.9. The van der Waals surface area contributed by atoms with Gasteiger partial charge in [0, 0.05) is 7.05 Å². The summed E-state index contributed by atoms with van der Waals surface area (Å²) in [6, 6.07) is 9.56. The largest absolute Gasteiger partial charge is 0.332 e. The zero-order chi connectivity index (χ0) is 17.6. The van der Waals surface area contributed by atoms with Gasteiger partial charge in [0.15, 0.2) is 11.5 Å². The Morgan fingerprint density at radius 1 is 1.28 bits per heavy atom. The first-order valence-corrected chi connectivity index (χ1v) is 8.30. The van der Waals surface area contributed by atoms with Crippen molar-refractivity contribution in [2.45, 2.75) is 38.0 Å². The number of rotatable bonds is 5. The molecular weight excluding hydrogens is 326 g/mol. The highest BCUT2D eigenvalue weighted by atomic mass is 19.3. The smallest absolute Gasteiger partial charge is 0.280 e. The summed E-state index contributed by atoms with van der Waals surface area (Å²) in [4.78, 5) is 4.48. The molecule has 0 spiro atoms. The van der Waals surface area contributed by atoms with Crippen molar-refractivity contribution >= 4 is 0 Å². The monoisotopic (exact) mass is 344 g/mol. The molecule has 130 valence electrons. The Labute approximate surface area is 143 Å². The van der Waals surface area contributed by atoms with E-state index in [1.807, 2.05) is 12.1 Å². The van der Waals surface area contributed by atoms with Crippen molar-refractivity contribution < 1.29 is 13.3 Å². The number of aromatic nitrogens is 4. The molecule has 1 fully saturated rings. The van der Waals surface area contributed by atoms with E-state index < -0.39 is 6.43 Å². The summed E-state index contributed by atoms with van der Waals surface area (Å²) in [5, 5.41) is 8.20. The molecule has 0 bridgehead atoms. The van der Waals surface area contributed by atoms with Gasteiger partial charge in [-0.1, -0.05) is 36.3 Å².